The van der Waals surface area contributed by atoms with Crippen LogP contribution in [-0.2, 0) is 36.8 Å². The zero-order chi connectivity index (χ0) is 36.3. The van der Waals surface area contributed by atoms with Crippen molar-refractivity contribution in [3.63, 3.8) is 0 Å². The Balaban J connectivity index is 1.66. The van der Waals surface area contributed by atoms with Gasteiger partial charge in [0.15, 0.2) is 5.78 Å². The number of anilines is 1. The van der Waals surface area contributed by atoms with Crippen molar-refractivity contribution < 1.29 is 32.1 Å². The van der Waals surface area contributed by atoms with E-state index in [4.69, 9.17) is 10.5 Å². The van der Waals surface area contributed by atoms with Crippen LogP contribution in [0.4, 0.5) is 10.5 Å². The Morgan fingerprint density at radius 2 is 1.44 bits per heavy atom. The van der Waals surface area contributed by atoms with Crippen LogP contribution in [0.3, 0.4) is 0 Å². The van der Waals surface area contributed by atoms with Crippen LogP contribution in [0.2, 0.25) is 0 Å². The van der Waals surface area contributed by atoms with Crippen LogP contribution in [0, 0.1) is 5.92 Å². The molecule has 12 heteroatoms. The SMILES string of the molecule is COC(=O)N[C@H](C(=O)Cc1ccccc1S(=O)C[C@@H](CO)N(CCC(C)C)S(=O)(=O)c1ccc(N)cc1)C(c1ccccc1)c1ccccc1. The number of carbonyl (C=O) groups is 2. The van der Waals surface area contributed by atoms with Gasteiger partial charge in [0, 0.05) is 35.2 Å². The number of methoxy groups -OCH3 is 1. The standard InChI is InChI=1S/C38H45N3O7S2/c1-27(2)22-23-41(50(46,47)33-20-18-31(39)19-21-33)32(25-42)26-49(45)35-17-11-10-16-30(35)24-34(43)37(40-38(44)48-3)36(28-12-6-4-7-13-28)29-14-8-5-9-15-29/h4-21,27,32,36-37,42H,22-26,39H2,1-3H3,(H,40,44)/t32-,37-,49?/m1/s1. The summed E-state index contributed by atoms with van der Waals surface area (Å²) in [5.74, 6) is -0.957. The Labute approximate surface area is 297 Å². The van der Waals surface area contributed by atoms with E-state index in [9.17, 15) is 27.3 Å². The molecule has 0 aliphatic carbocycles. The number of nitrogen functional groups attached to an aromatic ring is 1. The number of amides is 1. The average Bonchev–Trinajstić information content (AvgIpc) is 3.11. The van der Waals surface area contributed by atoms with Crippen molar-refractivity contribution in [1.29, 1.82) is 0 Å². The number of Topliss-reactive ketones (excluding diaryl/α,β-unsaturated/α-hetero) is 1. The Hall–Kier alpha value is -4.36. The zero-order valence-electron chi connectivity index (χ0n) is 28.5. The average molecular weight is 720 g/mol. The second-order valence-electron chi connectivity index (χ2n) is 12.4. The molecule has 266 valence electrons. The van der Waals surface area contributed by atoms with Gasteiger partial charge in [0.25, 0.3) is 0 Å². The van der Waals surface area contributed by atoms with Gasteiger partial charge >= 0.3 is 6.09 Å². The lowest BCUT2D eigenvalue weighted by molar-refractivity contribution is -0.120. The number of carbonyl (C=O) groups excluding carboxylic acids is 2. The molecule has 0 bridgehead atoms. The van der Waals surface area contributed by atoms with Gasteiger partial charge in [-0.05, 0) is 59.4 Å². The summed E-state index contributed by atoms with van der Waals surface area (Å²) in [5.41, 5.74) is 8.27. The summed E-state index contributed by atoms with van der Waals surface area (Å²) < 4.78 is 47.9. The molecule has 0 saturated carbocycles. The third-order valence-electron chi connectivity index (χ3n) is 8.41. The van der Waals surface area contributed by atoms with Gasteiger partial charge in [0.1, 0.15) is 6.04 Å². The van der Waals surface area contributed by atoms with Gasteiger partial charge in [0.2, 0.25) is 10.0 Å². The van der Waals surface area contributed by atoms with Crippen LogP contribution in [0.5, 0.6) is 0 Å². The molecular weight excluding hydrogens is 675 g/mol. The van der Waals surface area contributed by atoms with E-state index in [0.717, 1.165) is 11.1 Å². The quantitative estimate of drug-likeness (QED) is 0.127. The number of benzene rings is 4. The number of hydrogen-bond acceptors (Lipinski definition) is 8. The van der Waals surface area contributed by atoms with E-state index in [1.165, 1.54) is 35.7 Å². The van der Waals surface area contributed by atoms with Crippen molar-refractivity contribution in [1.82, 2.24) is 9.62 Å². The van der Waals surface area contributed by atoms with Crippen LogP contribution in [-0.4, -0.2) is 72.0 Å². The Kier molecular flexibility index (Phi) is 13.9. The second kappa shape index (κ2) is 18.0. The van der Waals surface area contributed by atoms with Crippen molar-refractivity contribution in [3.8, 4) is 0 Å². The topological polar surface area (TPSA) is 156 Å². The summed E-state index contributed by atoms with van der Waals surface area (Å²) in [6, 6.07) is 29.2. The molecule has 1 unspecified atom stereocenters. The highest BCUT2D eigenvalue weighted by molar-refractivity contribution is 7.89. The Bertz CT molecular complexity index is 1800. The number of ether oxygens (including phenoxy) is 1. The van der Waals surface area contributed by atoms with Crippen molar-refractivity contribution in [3.05, 3.63) is 126 Å². The monoisotopic (exact) mass is 719 g/mol. The minimum absolute atomic E-state index is 0.0150. The molecule has 0 aromatic heterocycles. The predicted molar refractivity (Wildman–Crippen MR) is 196 cm³/mol. The van der Waals surface area contributed by atoms with Gasteiger partial charge < -0.3 is 20.9 Å². The second-order valence-corrected chi connectivity index (χ2v) is 15.7. The number of aliphatic hydroxyl groups excluding tert-OH is 1. The first-order valence-electron chi connectivity index (χ1n) is 16.4. The van der Waals surface area contributed by atoms with E-state index in [1.54, 1.807) is 24.3 Å². The maximum absolute atomic E-state index is 14.3. The molecular formula is C38H45N3O7S2. The molecule has 50 heavy (non-hydrogen) atoms. The van der Waals surface area contributed by atoms with E-state index in [2.05, 4.69) is 5.32 Å². The van der Waals surface area contributed by atoms with Crippen molar-refractivity contribution in [2.75, 3.05) is 31.7 Å². The first-order valence-corrected chi connectivity index (χ1v) is 19.1. The van der Waals surface area contributed by atoms with Gasteiger partial charge in [-0.25, -0.2) is 13.2 Å². The van der Waals surface area contributed by atoms with Crippen LogP contribution in [0.1, 0.15) is 42.9 Å². The Morgan fingerprint density at radius 3 is 1.98 bits per heavy atom. The van der Waals surface area contributed by atoms with Crippen molar-refractivity contribution >= 4 is 38.4 Å². The largest absolute Gasteiger partial charge is 0.453 e. The minimum Gasteiger partial charge on any atom is -0.453 e. The number of ketones is 1. The highest BCUT2D eigenvalue weighted by Gasteiger charge is 2.35. The molecule has 4 aromatic carbocycles. The molecule has 4 rings (SSSR count). The first kappa shape index (κ1) is 38.4. The van der Waals surface area contributed by atoms with E-state index in [-0.39, 0.29) is 35.3 Å². The third-order valence-corrected chi connectivity index (χ3v) is 12.0. The summed E-state index contributed by atoms with van der Waals surface area (Å²) in [6.07, 6.45) is -0.440. The van der Waals surface area contributed by atoms with Crippen LogP contribution >= 0.6 is 0 Å². The zero-order valence-corrected chi connectivity index (χ0v) is 30.1. The highest BCUT2D eigenvalue weighted by atomic mass is 32.2. The number of nitrogens with zero attached hydrogens (tertiary/aromatic N) is 1. The normalized spacial score (nSPS) is 13.6. The van der Waals surface area contributed by atoms with E-state index < -0.39 is 51.5 Å². The molecule has 4 N–H and O–H groups in total. The molecule has 0 aliphatic heterocycles. The number of aliphatic hydroxyl groups is 1. The summed E-state index contributed by atoms with van der Waals surface area (Å²) in [4.78, 5) is 27.2. The number of nitrogens with two attached hydrogens (primary N) is 1. The van der Waals surface area contributed by atoms with Gasteiger partial charge in [0.05, 0.1) is 35.5 Å². The molecule has 4 aromatic rings. The van der Waals surface area contributed by atoms with Gasteiger partial charge in [-0.15, -0.1) is 0 Å². The fourth-order valence-electron chi connectivity index (χ4n) is 5.75. The highest BCUT2D eigenvalue weighted by Crippen LogP contribution is 2.30. The summed E-state index contributed by atoms with van der Waals surface area (Å²) in [5, 5.41) is 13.3. The third kappa shape index (κ3) is 9.87. The Morgan fingerprint density at radius 1 is 0.880 bits per heavy atom. The van der Waals surface area contributed by atoms with Crippen molar-refractivity contribution in [2.45, 2.75) is 54.5 Å². The molecule has 0 spiro atoms. The van der Waals surface area contributed by atoms with Crippen molar-refractivity contribution in [2.24, 2.45) is 5.92 Å². The lowest BCUT2D eigenvalue weighted by Crippen LogP contribution is -2.46. The van der Waals surface area contributed by atoms with E-state index >= 15 is 0 Å². The van der Waals surface area contributed by atoms with Crippen LogP contribution in [0.15, 0.2) is 119 Å². The van der Waals surface area contributed by atoms with E-state index in [0.29, 0.717) is 22.6 Å². The smallest absolute Gasteiger partial charge is 0.407 e. The lowest BCUT2D eigenvalue weighted by Gasteiger charge is -2.30. The summed E-state index contributed by atoms with van der Waals surface area (Å²) in [7, 11) is -4.69. The van der Waals surface area contributed by atoms with E-state index in [1.807, 2.05) is 74.5 Å². The molecule has 1 amide bonds. The van der Waals surface area contributed by atoms with Crippen LogP contribution in [0.25, 0.3) is 0 Å². The number of sulfonamides is 1. The molecule has 0 fully saturated rings. The van der Waals surface area contributed by atoms with Crippen LogP contribution < -0.4 is 11.1 Å². The fourth-order valence-corrected chi connectivity index (χ4v) is 8.96. The number of nitrogens with one attached hydrogen (secondary N) is 1. The number of rotatable bonds is 17. The molecule has 0 radical (unpaired) electrons. The lowest BCUT2D eigenvalue weighted by atomic mass is 9.82. The predicted octanol–water partition coefficient (Wildman–Crippen LogP) is 5.14. The van der Waals surface area contributed by atoms with Gasteiger partial charge in [-0.3, -0.25) is 9.00 Å². The molecule has 3 atom stereocenters. The fraction of sp³-hybridized carbons (Fsp3) is 0.316. The van der Waals surface area contributed by atoms with Gasteiger partial charge in [-0.1, -0.05) is 92.7 Å². The first-order chi connectivity index (χ1) is 24.0. The number of alkyl carbamates (subject to hydrolysis) is 1. The maximum atomic E-state index is 14.3. The minimum atomic E-state index is -4.09. The molecule has 10 nitrogen and oxygen atoms in total. The summed E-state index contributed by atoms with van der Waals surface area (Å²) in [6.45, 7) is 3.47. The number of hydrogen-bond donors (Lipinski definition) is 3. The molecule has 0 aliphatic rings. The molecule has 0 heterocycles. The maximum Gasteiger partial charge on any atom is 0.407 e. The van der Waals surface area contributed by atoms with Gasteiger partial charge in [-0.2, -0.15) is 4.31 Å². The summed E-state index contributed by atoms with van der Waals surface area (Å²) >= 11 is 0. The molecule has 0 saturated heterocycles.